The van der Waals surface area contributed by atoms with Crippen LogP contribution in [0.4, 0.5) is 0 Å². The lowest BCUT2D eigenvalue weighted by atomic mass is 9.93. The molecule has 0 amide bonds. The molecule has 0 spiro atoms. The van der Waals surface area contributed by atoms with E-state index in [2.05, 4.69) is 13.8 Å². The maximum Gasteiger partial charge on any atom is 0.189 e. The zero-order chi connectivity index (χ0) is 16.8. The molecule has 0 aromatic heterocycles. The monoisotopic (exact) mass is 328 g/mol. The summed E-state index contributed by atoms with van der Waals surface area (Å²) in [7, 11) is 1.61. The van der Waals surface area contributed by atoms with Gasteiger partial charge in [-0.2, -0.15) is 0 Å². The first-order chi connectivity index (χ1) is 11.0. The number of allylic oxidation sites excluding steroid dienone is 1. The van der Waals surface area contributed by atoms with E-state index < -0.39 is 0 Å². The molecule has 0 atom stereocenters. The lowest BCUT2D eigenvalue weighted by Gasteiger charge is -2.10. The molecule has 0 N–H and O–H groups in total. The molecule has 0 saturated carbocycles. The number of benzene rings is 2. The fourth-order valence-electron chi connectivity index (χ4n) is 2.34. The molecule has 0 unspecified atom stereocenters. The molecule has 0 aliphatic rings. The SMILES string of the molecule is COc1ccc(C(=O)/C(=C/c2ccc(Cl)cc2)CC(C)C)cc1. The van der Waals surface area contributed by atoms with Crippen LogP contribution in [-0.4, -0.2) is 12.9 Å². The van der Waals surface area contributed by atoms with E-state index in [1.807, 2.05) is 42.5 Å². The summed E-state index contributed by atoms with van der Waals surface area (Å²) in [4.78, 5) is 12.8. The van der Waals surface area contributed by atoms with E-state index in [9.17, 15) is 4.79 Å². The van der Waals surface area contributed by atoms with Gasteiger partial charge in [0.05, 0.1) is 7.11 Å². The second-order valence-electron chi connectivity index (χ2n) is 5.88. The summed E-state index contributed by atoms with van der Waals surface area (Å²) < 4.78 is 5.14. The number of methoxy groups -OCH3 is 1. The Morgan fingerprint density at radius 3 is 2.22 bits per heavy atom. The van der Waals surface area contributed by atoms with Crippen LogP contribution in [0, 0.1) is 5.92 Å². The van der Waals surface area contributed by atoms with Gasteiger partial charge in [0.2, 0.25) is 0 Å². The second kappa shape index (κ2) is 7.98. The zero-order valence-electron chi connectivity index (χ0n) is 13.7. The van der Waals surface area contributed by atoms with Crippen molar-refractivity contribution in [2.24, 2.45) is 5.92 Å². The van der Waals surface area contributed by atoms with Gasteiger partial charge in [-0.1, -0.05) is 37.6 Å². The average molecular weight is 329 g/mol. The summed E-state index contributed by atoms with van der Waals surface area (Å²) in [5.74, 6) is 1.20. The number of carbonyl (C=O) groups excluding carboxylic acids is 1. The van der Waals surface area contributed by atoms with Gasteiger partial charge in [0, 0.05) is 16.2 Å². The maximum atomic E-state index is 12.8. The quantitative estimate of drug-likeness (QED) is 0.505. The number of hydrogen-bond acceptors (Lipinski definition) is 2. The largest absolute Gasteiger partial charge is 0.497 e. The Labute approximate surface area is 142 Å². The molecule has 0 aliphatic heterocycles. The minimum Gasteiger partial charge on any atom is -0.497 e. The molecule has 0 heterocycles. The van der Waals surface area contributed by atoms with Gasteiger partial charge in [-0.15, -0.1) is 0 Å². The van der Waals surface area contributed by atoms with E-state index in [4.69, 9.17) is 16.3 Å². The van der Waals surface area contributed by atoms with Crippen LogP contribution >= 0.6 is 11.6 Å². The van der Waals surface area contributed by atoms with E-state index in [0.717, 1.165) is 23.3 Å². The number of rotatable bonds is 6. The first-order valence-corrected chi connectivity index (χ1v) is 8.02. The second-order valence-corrected chi connectivity index (χ2v) is 6.31. The van der Waals surface area contributed by atoms with Gasteiger partial charge in [0.15, 0.2) is 5.78 Å². The summed E-state index contributed by atoms with van der Waals surface area (Å²) in [6.45, 7) is 4.22. The van der Waals surface area contributed by atoms with Crippen LogP contribution in [0.25, 0.3) is 6.08 Å². The third kappa shape index (κ3) is 4.97. The fraction of sp³-hybridized carbons (Fsp3) is 0.250. The highest BCUT2D eigenvalue weighted by atomic mass is 35.5. The van der Waals surface area contributed by atoms with Gasteiger partial charge >= 0.3 is 0 Å². The first-order valence-electron chi connectivity index (χ1n) is 7.64. The number of Topliss-reactive ketones (excluding diaryl/α,β-unsaturated/α-hetero) is 1. The molecule has 0 radical (unpaired) electrons. The Morgan fingerprint density at radius 2 is 1.70 bits per heavy atom. The summed E-state index contributed by atoms with van der Waals surface area (Å²) in [6.07, 6.45) is 2.68. The van der Waals surface area contributed by atoms with Crippen molar-refractivity contribution in [2.75, 3.05) is 7.11 Å². The van der Waals surface area contributed by atoms with Crippen molar-refractivity contribution in [1.29, 1.82) is 0 Å². The fourth-order valence-corrected chi connectivity index (χ4v) is 2.47. The molecule has 2 rings (SSSR count). The van der Waals surface area contributed by atoms with Crippen LogP contribution in [0.3, 0.4) is 0 Å². The Kier molecular flexibility index (Phi) is 6.00. The number of carbonyl (C=O) groups is 1. The van der Waals surface area contributed by atoms with Gasteiger partial charge in [-0.3, -0.25) is 4.79 Å². The normalized spacial score (nSPS) is 11.6. The van der Waals surface area contributed by atoms with E-state index >= 15 is 0 Å². The van der Waals surface area contributed by atoms with Crippen molar-refractivity contribution >= 4 is 23.5 Å². The Morgan fingerprint density at radius 1 is 1.09 bits per heavy atom. The molecular formula is C20H21ClO2. The van der Waals surface area contributed by atoms with E-state index in [1.54, 1.807) is 19.2 Å². The molecule has 2 nitrogen and oxygen atoms in total. The minimum absolute atomic E-state index is 0.0521. The number of ketones is 1. The standard InChI is InChI=1S/C20H21ClO2/c1-14(2)12-17(13-15-4-8-18(21)9-5-15)20(22)16-6-10-19(23-3)11-7-16/h4-11,13-14H,12H2,1-3H3/b17-13+. The number of halogens is 1. The predicted molar refractivity (Wildman–Crippen MR) is 96.2 cm³/mol. The molecule has 23 heavy (non-hydrogen) atoms. The molecule has 120 valence electrons. The van der Waals surface area contributed by atoms with Crippen LogP contribution in [-0.2, 0) is 0 Å². The Hall–Kier alpha value is -2.06. The van der Waals surface area contributed by atoms with Crippen molar-refractivity contribution in [2.45, 2.75) is 20.3 Å². The van der Waals surface area contributed by atoms with Crippen molar-refractivity contribution in [3.63, 3.8) is 0 Å². The minimum atomic E-state index is 0.0521. The molecule has 2 aromatic carbocycles. The third-order valence-corrected chi connectivity index (χ3v) is 3.73. The lowest BCUT2D eigenvalue weighted by Crippen LogP contribution is -2.06. The average Bonchev–Trinajstić information content (AvgIpc) is 2.55. The van der Waals surface area contributed by atoms with Crippen LogP contribution in [0.1, 0.15) is 36.2 Å². The third-order valence-electron chi connectivity index (χ3n) is 3.48. The van der Waals surface area contributed by atoms with Crippen molar-refractivity contribution in [3.05, 3.63) is 70.3 Å². The molecular weight excluding hydrogens is 308 g/mol. The predicted octanol–water partition coefficient (Wildman–Crippen LogP) is 5.66. The zero-order valence-corrected chi connectivity index (χ0v) is 14.4. The van der Waals surface area contributed by atoms with Crippen molar-refractivity contribution in [3.8, 4) is 5.75 Å². The van der Waals surface area contributed by atoms with Gasteiger partial charge < -0.3 is 4.74 Å². The Balaban J connectivity index is 2.32. The summed E-state index contributed by atoms with van der Waals surface area (Å²) in [6, 6.07) is 14.7. The van der Waals surface area contributed by atoms with Gasteiger partial charge in [-0.05, 0) is 60.4 Å². The van der Waals surface area contributed by atoms with E-state index in [1.165, 1.54) is 0 Å². The van der Waals surface area contributed by atoms with Crippen LogP contribution < -0.4 is 4.74 Å². The highest BCUT2D eigenvalue weighted by Gasteiger charge is 2.14. The topological polar surface area (TPSA) is 26.3 Å². The molecule has 0 saturated heterocycles. The highest BCUT2D eigenvalue weighted by Crippen LogP contribution is 2.22. The van der Waals surface area contributed by atoms with Gasteiger partial charge in [0.25, 0.3) is 0 Å². The van der Waals surface area contributed by atoms with Gasteiger partial charge in [0.1, 0.15) is 5.75 Å². The molecule has 3 heteroatoms. The Bertz CT molecular complexity index is 683. The molecule has 0 aliphatic carbocycles. The molecule has 0 fully saturated rings. The van der Waals surface area contributed by atoms with E-state index in [-0.39, 0.29) is 5.78 Å². The summed E-state index contributed by atoms with van der Waals surface area (Å²) in [5, 5.41) is 0.689. The first kappa shape index (κ1) is 17.3. The smallest absolute Gasteiger partial charge is 0.189 e. The summed E-state index contributed by atoms with van der Waals surface area (Å²) >= 11 is 5.92. The van der Waals surface area contributed by atoms with Crippen LogP contribution in [0.15, 0.2) is 54.1 Å². The maximum absolute atomic E-state index is 12.8. The van der Waals surface area contributed by atoms with Crippen molar-refractivity contribution in [1.82, 2.24) is 0 Å². The van der Waals surface area contributed by atoms with Crippen molar-refractivity contribution < 1.29 is 9.53 Å². The van der Waals surface area contributed by atoms with Crippen LogP contribution in [0.5, 0.6) is 5.75 Å². The number of hydrogen-bond donors (Lipinski definition) is 0. The van der Waals surface area contributed by atoms with E-state index in [0.29, 0.717) is 16.5 Å². The lowest BCUT2D eigenvalue weighted by molar-refractivity contribution is 0.103. The summed E-state index contributed by atoms with van der Waals surface area (Å²) in [5.41, 5.74) is 2.45. The highest BCUT2D eigenvalue weighted by molar-refractivity contribution is 6.30. The molecule has 2 aromatic rings. The number of ether oxygens (including phenoxy) is 1. The van der Waals surface area contributed by atoms with Crippen LogP contribution in [0.2, 0.25) is 5.02 Å². The molecule has 0 bridgehead atoms. The van der Waals surface area contributed by atoms with Gasteiger partial charge in [-0.25, -0.2) is 0 Å².